The molecule has 0 saturated heterocycles. The maximum Gasteiger partial charge on any atom is 0.167 e. The number of halogens is 1. The summed E-state index contributed by atoms with van der Waals surface area (Å²) in [6.45, 7) is 7.65. The van der Waals surface area contributed by atoms with Gasteiger partial charge in [-0.3, -0.25) is 4.79 Å². The van der Waals surface area contributed by atoms with E-state index >= 15 is 0 Å². The highest BCUT2D eigenvalue weighted by Gasteiger charge is 2.14. The van der Waals surface area contributed by atoms with Crippen LogP contribution in [0.15, 0.2) is 53.9 Å². The molecule has 1 aromatic rings. The Morgan fingerprint density at radius 2 is 1.88 bits per heavy atom. The largest absolute Gasteiger partial charge is 0.488 e. The van der Waals surface area contributed by atoms with Gasteiger partial charge >= 0.3 is 0 Å². The van der Waals surface area contributed by atoms with Gasteiger partial charge in [-0.1, -0.05) is 37.6 Å². The minimum absolute atomic E-state index is 0.0114. The zero-order chi connectivity index (χ0) is 19.5. The Kier molecular flexibility index (Phi) is 9.27. The van der Waals surface area contributed by atoms with Crippen molar-refractivity contribution < 1.29 is 18.7 Å². The van der Waals surface area contributed by atoms with E-state index in [2.05, 4.69) is 0 Å². The zero-order valence-corrected chi connectivity index (χ0v) is 16.0. The molecule has 1 aliphatic rings. The summed E-state index contributed by atoms with van der Waals surface area (Å²) in [5.74, 6) is 0.0837. The number of ether oxygens (including phenoxy) is 1. The molecule has 4 heteroatoms. The molecule has 0 radical (unpaired) electrons. The molecule has 0 saturated carbocycles. The predicted molar refractivity (Wildman–Crippen MR) is 103 cm³/mol. The van der Waals surface area contributed by atoms with Gasteiger partial charge in [0.25, 0.3) is 0 Å². The first-order chi connectivity index (χ1) is 12.5. The van der Waals surface area contributed by atoms with E-state index in [0.29, 0.717) is 17.7 Å². The molecule has 1 aliphatic carbocycles. The quantitative estimate of drug-likeness (QED) is 0.588. The summed E-state index contributed by atoms with van der Waals surface area (Å²) in [4.78, 5) is 23.4. The zero-order valence-electron chi connectivity index (χ0n) is 16.0. The molecule has 0 aromatic heterocycles. The topological polar surface area (TPSA) is 43.4 Å². The summed E-state index contributed by atoms with van der Waals surface area (Å²) < 4.78 is 19.0. The summed E-state index contributed by atoms with van der Waals surface area (Å²) in [5.41, 5.74) is 2.36. The van der Waals surface area contributed by atoms with Crippen molar-refractivity contribution in [2.75, 3.05) is 6.61 Å². The van der Waals surface area contributed by atoms with Crippen LogP contribution in [0, 0.1) is 6.92 Å². The molecule has 0 aliphatic heterocycles. The van der Waals surface area contributed by atoms with Crippen LogP contribution >= 0.6 is 0 Å². The van der Waals surface area contributed by atoms with Gasteiger partial charge < -0.3 is 9.53 Å². The van der Waals surface area contributed by atoms with Crippen LogP contribution in [0.5, 0.6) is 5.75 Å². The predicted octanol–water partition coefficient (Wildman–Crippen LogP) is 5.69. The third-order valence-corrected chi connectivity index (χ3v) is 3.69. The summed E-state index contributed by atoms with van der Waals surface area (Å²) in [6.07, 6.45) is 7.26. The molecule has 0 atom stereocenters. The van der Waals surface area contributed by atoms with E-state index < -0.39 is 0 Å². The highest BCUT2D eigenvalue weighted by Crippen LogP contribution is 2.24. The lowest BCUT2D eigenvalue weighted by molar-refractivity contribution is -0.116. The highest BCUT2D eigenvalue weighted by atomic mass is 19.1. The van der Waals surface area contributed by atoms with Gasteiger partial charge in [0.2, 0.25) is 0 Å². The van der Waals surface area contributed by atoms with E-state index in [1.165, 1.54) is 19.1 Å². The average Bonchev–Trinajstić information content (AvgIpc) is 2.84. The van der Waals surface area contributed by atoms with Crippen LogP contribution in [0.1, 0.15) is 56.0 Å². The number of carbonyl (C=O) groups excluding carboxylic acids is 2. The minimum Gasteiger partial charge on any atom is -0.488 e. The van der Waals surface area contributed by atoms with Crippen LogP contribution in [0.25, 0.3) is 0 Å². The van der Waals surface area contributed by atoms with Crippen molar-refractivity contribution in [3.8, 4) is 5.75 Å². The number of benzene rings is 1. The molecule has 0 N–H and O–H groups in total. The third-order valence-electron chi connectivity index (χ3n) is 3.69. The van der Waals surface area contributed by atoms with Crippen LogP contribution in [0.4, 0.5) is 4.39 Å². The number of hydrogen-bond acceptors (Lipinski definition) is 3. The van der Waals surface area contributed by atoms with Crippen LogP contribution in [0.2, 0.25) is 0 Å². The molecular weight excluding hydrogens is 331 g/mol. The summed E-state index contributed by atoms with van der Waals surface area (Å²) in [5, 5.41) is 0. The Hall–Kier alpha value is -2.49. The third kappa shape index (κ3) is 7.18. The number of carbonyl (C=O) groups is 2. The maximum atomic E-state index is 13.2. The van der Waals surface area contributed by atoms with Gasteiger partial charge in [-0.25, -0.2) is 4.39 Å². The fourth-order valence-electron chi connectivity index (χ4n) is 2.33. The molecule has 26 heavy (non-hydrogen) atoms. The smallest absolute Gasteiger partial charge is 0.167 e. The molecular formula is C22H27FO3. The second kappa shape index (κ2) is 11.2. The van der Waals surface area contributed by atoms with Crippen molar-refractivity contribution in [1.82, 2.24) is 0 Å². The van der Waals surface area contributed by atoms with Crippen molar-refractivity contribution in [3.05, 3.63) is 65.0 Å². The van der Waals surface area contributed by atoms with E-state index in [9.17, 15) is 14.0 Å². The Bertz CT molecular complexity index is 727. The van der Waals surface area contributed by atoms with E-state index in [0.717, 1.165) is 11.1 Å². The fraction of sp³-hybridized carbons (Fsp3) is 0.364. The first-order valence-corrected chi connectivity index (χ1v) is 8.93. The molecule has 0 fully saturated rings. The Morgan fingerprint density at radius 1 is 1.15 bits per heavy atom. The van der Waals surface area contributed by atoms with Crippen LogP contribution < -0.4 is 4.74 Å². The summed E-state index contributed by atoms with van der Waals surface area (Å²) >= 11 is 0. The molecule has 2 rings (SSSR count). The summed E-state index contributed by atoms with van der Waals surface area (Å²) in [6, 6.07) is 5.41. The Balaban J connectivity index is 0.00000163. The molecule has 0 spiro atoms. The number of aryl methyl sites for hydroxylation is 1. The van der Waals surface area contributed by atoms with Gasteiger partial charge in [-0.05, 0) is 50.1 Å². The lowest BCUT2D eigenvalue weighted by Gasteiger charge is -2.13. The van der Waals surface area contributed by atoms with Gasteiger partial charge in [0.1, 0.15) is 24.0 Å². The first kappa shape index (κ1) is 21.6. The highest BCUT2D eigenvalue weighted by molar-refractivity contribution is 6.00. The molecule has 0 heterocycles. The lowest BCUT2D eigenvalue weighted by Crippen LogP contribution is -2.08. The monoisotopic (exact) mass is 358 g/mol. The molecule has 3 nitrogen and oxygen atoms in total. The minimum atomic E-state index is -0.291. The van der Waals surface area contributed by atoms with Gasteiger partial charge in [0, 0.05) is 12.8 Å². The number of hydrogen-bond donors (Lipinski definition) is 0. The number of allylic oxidation sites excluding steroid dienone is 5. The van der Waals surface area contributed by atoms with Crippen molar-refractivity contribution in [3.63, 3.8) is 0 Å². The van der Waals surface area contributed by atoms with Crippen LogP contribution in [-0.4, -0.2) is 18.2 Å². The first-order valence-electron chi connectivity index (χ1n) is 8.93. The second-order valence-electron chi connectivity index (χ2n) is 5.90. The lowest BCUT2D eigenvalue weighted by atomic mass is 10.0. The molecule has 1 aromatic carbocycles. The molecule has 0 bridgehead atoms. The molecule has 0 amide bonds. The molecule has 140 valence electrons. The number of Topliss-reactive ketones (excluding diaryl/α,β-unsaturated/α-hetero) is 2. The SMILES string of the molecule is CC.CC(=O)CCC(=O)c1cc(C)ccc1OCC1=CC=C(F)C=CC1. The van der Waals surface area contributed by atoms with Gasteiger partial charge in [-0.2, -0.15) is 0 Å². The van der Waals surface area contributed by atoms with E-state index in [1.807, 2.05) is 26.8 Å². The number of ketones is 2. The van der Waals surface area contributed by atoms with Crippen molar-refractivity contribution in [2.45, 2.75) is 47.0 Å². The number of rotatable bonds is 7. The maximum absolute atomic E-state index is 13.2. The summed E-state index contributed by atoms with van der Waals surface area (Å²) in [7, 11) is 0. The van der Waals surface area contributed by atoms with Crippen molar-refractivity contribution >= 4 is 11.6 Å². The Labute approximate surface area is 155 Å². The second-order valence-corrected chi connectivity index (χ2v) is 5.90. The van der Waals surface area contributed by atoms with Crippen LogP contribution in [0.3, 0.4) is 0 Å². The van der Waals surface area contributed by atoms with E-state index in [4.69, 9.17) is 4.74 Å². The molecule has 0 unspecified atom stereocenters. The van der Waals surface area contributed by atoms with Gasteiger partial charge in [0.05, 0.1) is 5.56 Å². The fourth-order valence-corrected chi connectivity index (χ4v) is 2.33. The normalized spacial score (nSPS) is 13.0. The average molecular weight is 358 g/mol. The van der Waals surface area contributed by atoms with E-state index in [1.54, 1.807) is 24.3 Å². The van der Waals surface area contributed by atoms with Crippen molar-refractivity contribution in [1.29, 1.82) is 0 Å². The standard InChI is InChI=1S/C20H21FO3.C2H6/c1-14-6-11-20(18(12-14)19(23)10-7-15(2)22)24-13-16-4-3-5-17(21)9-8-16;1-2/h3,5-6,8-9,11-12H,4,7,10,13H2,1-2H3;1-2H3. The van der Waals surface area contributed by atoms with Crippen LogP contribution in [-0.2, 0) is 4.79 Å². The van der Waals surface area contributed by atoms with Gasteiger partial charge in [-0.15, -0.1) is 0 Å². The Morgan fingerprint density at radius 3 is 2.58 bits per heavy atom. The van der Waals surface area contributed by atoms with Crippen molar-refractivity contribution in [2.24, 2.45) is 0 Å². The van der Waals surface area contributed by atoms with E-state index in [-0.39, 0.29) is 36.8 Å². The van der Waals surface area contributed by atoms with Gasteiger partial charge in [0.15, 0.2) is 5.78 Å².